The van der Waals surface area contributed by atoms with Crippen molar-refractivity contribution in [3.05, 3.63) is 59.7 Å². The first-order chi connectivity index (χ1) is 18.6. The van der Waals surface area contributed by atoms with Gasteiger partial charge < -0.3 is 10.2 Å². The van der Waals surface area contributed by atoms with E-state index in [0.29, 0.717) is 5.56 Å². The van der Waals surface area contributed by atoms with E-state index in [0.717, 1.165) is 55.2 Å². The zero-order valence-corrected chi connectivity index (χ0v) is 24.9. The molecule has 2 N–H and O–H groups in total. The molecular weight excluding hydrogens is 492 g/mol. The normalized spacial score (nSPS) is 49.9. The standard InChI is InChI=1S/C37H46O3/c1-30-13-31(2)16-34(15-30,28-12-26(10-11-27(28)29(38)39)25-8-6-5-7-9-25)23-35(17-30,18-31)36-19-32(3)14-33(4,20-36)22-37(40,21-32)24-36/h5-12,40H,13-24H2,1-4H3,(H,38,39). The van der Waals surface area contributed by atoms with Gasteiger partial charge in [-0.15, -0.1) is 0 Å². The monoisotopic (exact) mass is 538 g/mol. The van der Waals surface area contributed by atoms with E-state index in [-0.39, 0.29) is 37.9 Å². The molecule has 4 unspecified atom stereocenters. The number of carboxylic acid groups (broad SMARTS) is 1. The number of rotatable bonds is 4. The second-order valence-electron chi connectivity index (χ2n) is 17.9. The molecule has 3 nitrogen and oxygen atoms in total. The van der Waals surface area contributed by atoms with Gasteiger partial charge >= 0.3 is 5.97 Å². The summed E-state index contributed by atoms with van der Waals surface area (Å²) in [6.45, 7) is 10.0. The molecule has 0 spiro atoms. The third-order valence-corrected chi connectivity index (χ3v) is 13.2. The zero-order valence-electron chi connectivity index (χ0n) is 24.9. The summed E-state index contributed by atoms with van der Waals surface area (Å²) in [6.07, 6.45) is 13.7. The van der Waals surface area contributed by atoms with Crippen LogP contribution in [0, 0.1) is 32.5 Å². The molecule has 8 saturated carbocycles. The number of carboxylic acids is 1. The molecule has 2 aromatic rings. The maximum Gasteiger partial charge on any atom is 0.335 e. The number of aliphatic hydroxyl groups is 1. The quantitative estimate of drug-likeness (QED) is 0.409. The van der Waals surface area contributed by atoms with Crippen LogP contribution in [0.5, 0.6) is 0 Å². The summed E-state index contributed by atoms with van der Waals surface area (Å²) in [5, 5.41) is 22.6. The van der Waals surface area contributed by atoms with Crippen molar-refractivity contribution in [3.8, 4) is 11.1 Å². The van der Waals surface area contributed by atoms with Gasteiger partial charge in [-0.1, -0.05) is 64.1 Å². The Hall–Kier alpha value is -2.13. The third kappa shape index (κ3) is 3.36. The highest BCUT2D eigenvalue weighted by atomic mass is 16.4. The third-order valence-electron chi connectivity index (χ3n) is 13.2. The first-order valence-corrected chi connectivity index (χ1v) is 15.8. The molecule has 0 aromatic heterocycles. The lowest BCUT2D eigenvalue weighted by Gasteiger charge is -2.79. The predicted octanol–water partition coefficient (Wildman–Crippen LogP) is 8.78. The van der Waals surface area contributed by atoms with Crippen molar-refractivity contribution in [1.82, 2.24) is 0 Å². The van der Waals surface area contributed by atoms with Gasteiger partial charge in [-0.05, 0) is 144 Å². The summed E-state index contributed by atoms with van der Waals surface area (Å²) in [6, 6.07) is 16.6. The van der Waals surface area contributed by atoms with E-state index in [1.807, 2.05) is 18.2 Å². The Labute approximate surface area is 239 Å². The Morgan fingerprint density at radius 1 is 0.600 bits per heavy atom. The molecular formula is C37H46O3. The van der Waals surface area contributed by atoms with Gasteiger partial charge in [-0.3, -0.25) is 0 Å². The van der Waals surface area contributed by atoms with Crippen molar-refractivity contribution in [2.75, 3.05) is 0 Å². The highest BCUT2D eigenvalue weighted by molar-refractivity contribution is 5.91. The van der Waals surface area contributed by atoms with Crippen molar-refractivity contribution in [2.24, 2.45) is 32.5 Å². The van der Waals surface area contributed by atoms with E-state index in [1.54, 1.807) is 0 Å². The fourth-order valence-electron chi connectivity index (χ4n) is 14.7. The lowest BCUT2D eigenvalue weighted by atomic mass is 9.26. The second-order valence-corrected chi connectivity index (χ2v) is 17.9. The van der Waals surface area contributed by atoms with Gasteiger partial charge in [0.05, 0.1) is 11.2 Å². The summed E-state index contributed by atoms with van der Waals surface area (Å²) in [4.78, 5) is 12.8. The molecule has 0 heterocycles. The minimum Gasteiger partial charge on any atom is -0.478 e. The number of carbonyl (C=O) groups is 1. The molecule has 10 rings (SSSR count). The van der Waals surface area contributed by atoms with Crippen LogP contribution in [0.2, 0.25) is 0 Å². The smallest absolute Gasteiger partial charge is 0.335 e. The van der Waals surface area contributed by atoms with Crippen molar-refractivity contribution < 1.29 is 15.0 Å². The molecule has 8 fully saturated rings. The number of benzene rings is 2. The van der Waals surface area contributed by atoms with Gasteiger partial charge in [0.2, 0.25) is 0 Å². The first kappa shape index (κ1) is 25.6. The summed E-state index contributed by atoms with van der Waals surface area (Å²) in [5.74, 6) is -0.793. The molecule has 8 bridgehead atoms. The number of hydrogen-bond acceptors (Lipinski definition) is 2. The second kappa shape index (κ2) is 7.25. The van der Waals surface area contributed by atoms with Gasteiger partial charge in [-0.25, -0.2) is 4.79 Å². The van der Waals surface area contributed by atoms with Gasteiger partial charge in [-0.2, -0.15) is 0 Å². The van der Waals surface area contributed by atoms with Crippen molar-refractivity contribution in [1.29, 1.82) is 0 Å². The Bertz CT molecular complexity index is 1370. The molecule has 0 aliphatic heterocycles. The molecule has 40 heavy (non-hydrogen) atoms. The molecule has 0 saturated heterocycles. The van der Waals surface area contributed by atoms with E-state index < -0.39 is 11.6 Å². The molecule has 212 valence electrons. The van der Waals surface area contributed by atoms with Crippen LogP contribution in [0.15, 0.2) is 48.5 Å². The average Bonchev–Trinajstić information content (AvgIpc) is 2.79. The molecule has 3 heteroatoms. The van der Waals surface area contributed by atoms with Crippen LogP contribution in [-0.2, 0) is 5.41 Å². The van der Waals surface area contributed by atoms with Crippen LogP contribution in [0.3, 0.4) is 0 Å². The van der Waals surface area contributed by atoms with E-state index in [2.05, 4.69) is 58.0 Å². The summed E-state index contributed by atoms with van der Waals surface area (Å²) >= 11 is 0. The molecule has 0 radical (unpaired) electrons. The van der Waals surface area contributed by atoms with Gasteiger partial charge in [0.1, 0.15) is 0 Å². The Morgan fingerprint density at radius 2 is 1.12 bits per heavy atom. The molecule has 2 aromatic carbocycles. The molecule has 8 aliphatic rings. The summed E-state index contributed by atoms with van der Waals surface area (Å²) in [5.41, 5.74) is 4.36. The Kier molecular flexibility index (Phi) is 4.64. The van der Waals surface area contributed by atoms with E-state index in [1.165, 1.54) is 38.5 Å². The van der Waals surface area contributed by atoms with Crippen LogP contribution in [0.1, 0.15) is 121 Å². The highest BCUT2D eigenvalue weighted by Crippen LogP contribution is 2.84. The van der Waals surface area contributed by atoms with E-state index in [9.17, 15) is 15.0 Å². The summed E-state index contributed by atoms with van der Waals surface area (Å²) < 4.78 is 0. The van der Waals surface area contributed by atoms with Gasteiger partial charge in [0, 0.05) is 0 Å². The average molecular weight is 539 g/mol. The number of aromatic carboxylic acids is 1. The van der Waals surface area contributed by atoms with Crippen molar-refractivity contribution >= 4 is 5.97 Å². The van der Waals surface area contributed by atoms with Crippen molar-refractivity contribution in [3.63, 3.8) is 0 Å². The van der Waals surface area contributed by atoms with Crippen LogP contribution in [0.4, 0.5) is 0 Å². The van der Waals surface area contributed by atoms with Gasteiger partial charge in [0.25, 0.3) is 0 Å². The molecule has 4 atom stereocenters. The van der Waals surface area contributed by atoms with Gasteiger partial charge in [0.15, 0.2) is 0 Å². The van der Waals surface area contributed by atoms with Crippen LogP contribution < -0.4 is 0 Å². The van der Waals surface area contributed by atoms with Crippen LogP contribution in [-0.4, -0.2) is 21.8 Å². The lowest BCUT2D eigenvalue weighted by Crippen LogP contribution is -2.72. The minimum absolute atomic E-state index is 0.134. The minimum atomic E-state index is -0.793. The van der Waals surface area contributed by atoms with Crippen LogP contribution >= 0.6 is 0 Å². The van der Waals surface area contributed by atoms with Crippen molar-refractivity contribution in [2.45, 2.75) is 116 Å². The Balaban J connectivity index is 1.32. The highest BCUT2D eigenvalue weighted by Gasteiger charge is 2.76. The summed E-state index contributed by atoms with van der Waals surface area (Å²) in [7, 11) is 0. The fourth-order valence-corrected chi connectivity index (χ4v) is 14.7. The largest absolute Gasteiger partial charge is 0.478 e. The Morgan fingerprint density at radius 3 is 1.65 bits per heavy atom. The maximum absolute atomic E-state index is 12.8. The van der Waals surface area contributed by atoms with E-state index >= 15 is 0 Å². The zero-order chi connectivity index (χ0) is 28.0. The SMILES string of the molecule is CC12CC3(C)CC(O)(C1)CC(C14CC5(C)CC(C)(CC(c6cc(-c7ccccc7)ccc6C(=O)O)(C5)C1)C4)(C2)C3. The molecule has 0 amide bonds. The first-order valence-electron chi connectivity index (χ1n) is 15.8. The topological polar surface area (TPSA) is 57.5 Å². The maximum atomic E-state index is 12.8. The molecule has 8 aliphatic carbocycles. The fraction of sp³-hybridized carbons (Fsp3) is 0.649. The predicted molar refractivity (Wildman–Crippen MR) is 158 cm³/mol. The van der Waals surface area contributed by atoms with E-state index in [4.69, 9.17) is 0 Å². The lowest BCUT2D eigenvalue weighted by molar-refractivity contribution is -0.300. The number of hydrogen-bond donors (Lipinski definition) is 2. The van der Waals surface area contributed by atoms with Crippen LogP contribution in [0.25, 0.3) is 11.1 Å².